The summed E-state index contributed by atoms with van der Waals surface area (Å²) in [5.41, 5.74) is 0. The van der Waals surface area contributed by atoms with E-state index in [0.29, 0.717) is 0 Å². The Kier molecular flexibility index (Phi) is 5.21. The molecular formula is C6H7ClO2. The van der Waals surface area contributed by atoms with E-state index in [2.05, 4.69) is 0 Å². The largest absolute Gasteiger partial charge is 0.255 e. The van der Waals surface area contributed by atoms with Crippen LogP contribution in [0, 0.1) is 0 Å². The van der Waals surface area contributed by atoms with E-state index in [1.54, 1.807) is 0 Å². The lowest BCUT2D eigenvalue weighted by Gasteiger charge is -1.80. The Balaban J connectivity index is 0.000000291. The van der Waals surface area contributed by atoms with Gasteiger partial charge in [0, 0.05) is 5.02 Å². The fourth-order valence-corrected chi connectivity index (χ4v) is 0.560. The van der Waals surface area contributed by atoms with Crippen molar-refractivity contribution in [1.82, 2.24) is 0 Å². The van der Waals surface area contributed by atoms with Gasteiger partial charge in [-0.05, 0) is 12.1 Å². The van der Waals surface area contributed by atoms with E-state index in [1.165, 1.54) is 0 Å². The van der Waals surface area contributed by atoms with Crippen molar-refractivity contribution in [3.05, 3.63) is 35.4 Å². The van der Waals surface area contributed by atoms with Crippen LogP contribution in [0.4, 0.5) is 0 Å². The molecule has 0 fully saturated rings. The summed E-state index contributed by atoms with van der Waals surface area (Å²) in [4.78, 5) is 0. The highest BCUT2D eigenvalue weighted by molar-refractivity contribution is 6.30. The Morgan fingerprint density at radius 3 is 1.67 bits per heavy atom. The molecule has 0 atom stereocenters. The fourth-order valence-electron chi connectivity index (χ4n) is 0.415. The number of hydrogen-bond donors (Lipinski definition) is 2. The molecule has 50 valence electrons. The standard InChI is InChI=1S/C6H5Cl.H2O2/c7-6-4-2-1-3-5-6;1-2/h1-5H;1-2H. The van der Waals surface area contributed by atoms with Crippen LogP contribution in [-0.2, 0) is 0 Å². The van der Waals surface area contributed by atoms with E-state index in [9.17, 15) is 0 Å². The highest BCUT2D eigenvalue weighted by Gasteiger charge is 1.74. The number of rotatable bonds is 0. The summed E-state index contributed by atoms with van der Waals surface area (Å²) >= 11 is 5.54. The van der Waals surface area contributed by atoms with Crippen molar-refractivity contribution >= 4 is 11.6 Å². The average molecular weight is 147 g/mol. The fraction of sp³-hybridized carbons (Fsp3) is 0. The molecule has 0 spiro atoms. The summed E-state index contributed by atoms with van der Waals surface area (Å²) in [5, 5.41) is 12.8. The predicted octanol–water partition coefficient (Wildman–Crippen LogP) is 2.36. The number of halogens is 1. The van der Waals surface area contributed by atoms with Crippen LogP contribution >= 0.6 is 11.6 Å². The smallest absolute Gasteiger partial charge is 0.0405 e. The summed E-state index contributed by atoms with van der Waals surface area (Å²) in [6, 6.07) is 9.44. The number of benzene rings is 1. The zero-order valence-corrected chi connectivity index (χ0v) is 5.42. The van der Waals surface area contributed by atoms with Gasteiger partial charge in [-0.1, -0.05) is 29.8 Å². The van der Waals surface area contributed by atoms with Gasteiger partial charge in [0.05, 0.1) is 0 Å². The minimum absolute atomic E-state index is 0.794. The van der Waals surface area contributed by atoms with Crippen LogP contribution in [0.25, 0.3) is 0 Å². The number of hydrogen-bond acceptors (Lipinski definition) is 2. The van der Waals surface area contributed by atoms with Gasteiger partial charge in [0.1, 0.15) is 0 Å². The van der Waals surface area contributed by atoms with E-state index in [0.717, 1.165) is 5.02 Å². The minimum Gasteiger partial charge on any atom is -0.255 e. The molecular weight excluding hydrogens is 140 g/mol. The van der Waals surface area contributed by atoms with Crippen molar-refractivity contribution in [2.45, 2.75) is 0 Å². The van der Waals surface area contributed by atoms with Crippen LogP contribution in [-0.4, -0.2) is 10.5 Å². The van der Waals surface area contributed by atoms with E-state index in [4.69, 9.17) is 22.1 Å². The second kappa shape index (κ2) is 5.56. The highest BCUT2D eigenvalue weighted by Crippen LogP contribution is 2.03. The molecule has 2 N–H and O–H groups in total. The summed E-state index contributed by atoms with van der Waals surface area (Å²) in [5.74, 6) is 0. The normalized spacial score (nSPS) is 7.44. The van der Waals surface area contributed by atoms with Gasteiger partial charge < -0.3 is 0 Å². The summed E-state index contributed by atoms with van der Waals surface area (Å²) in [7, 11) is 0. The maximum atomic E-state index is 6.00. The third kappa shape index (κ3) is 3.97. The molecule has 1 aromatic carbocycles. The Morgan fingerprint density at radius 2 is 1.44 bits per heavy atom. The van der Waals surface area contributed by atoms with Gasteiger partial charge >= 0.3 is 0 Å². The second-order valence-electron chi connectivity index (χ2n) is 1.30. The average Bonchev–Trinajstić information content (AvgIpc) is 1.94. The Bertz CT molecular complexity index is 141. The van der Waals surface area contributed by atoms with Gasteiger partial charge in [0.25, 0.3) is 0 Å². The molecule has 0 saturated heterocycles. The van der Waals surface area contributed by atoms with Gasteiger partial charge in [0.15, 0.2) is 0 Å². The first-order valence-electron chi connectivity index (χ1n) is 2.30. The van der Waals surface area contributed by atoms with Crippen LogP contribution in [0.3, 0.4) is 0 Å². The third-order valence-electron chi connectivity index (χ3n) is 0.733. The van der Waals surface area contributed by atoms with E-state index >= 15 is 0 Å². The summed E-state index contributed by atoms with van der Waals surface area (Å²) in [6.45, 7) is 0. The minimum atomic E-state index is 0.794. The van der Waals surface area contributed by atoms with Crippen LogP contribution in [0.1, 0.15) is 0 Å². The Morgan fingerprint density at radius 1 is 1.00 bits per heavy atom. The monoisotopic (exact) mass is 146 g/mol. The van der Waals surface area contributed by atoms with Crippen molar-refractivity contribution in [3.8, 4) is 0 Å². The van der Waals surface area contributed by atoms with Crippen molar-refractivity contribution < 1.29 is 10.5 Å². The molecule has 0 saturated carbocycles. The molecule has 1 rings (SSSR count). The summed E-state index contributed by atoms with van der Waals surface area (Å²) < 4.78 is 0. The molecule has 2 nitrogen and oxygen atoms in total. The zero-order chi connectivity index (χ0) is 7.11. The lowest BCUT2D eigenvalue weighted by molar-refractivity contribution is -0.176. The van der Waals surface area contributed by atoms with Crippen LogP contribution in [0.5, 0.6) is 0 Å². The van der Waals surface area contributed by atoms with Crippen molar-refractivity contribution in [2.75, 3.05) is 0 Å². The first kappa shape index (κ1) is 8.43. The molecule has 0 aliphatic rings. The van der Waals surface area contributed by atoms with Crippen molar-refractivity contribution in [1.29, 1.82) is 0 Å². The van der Waals surface area contributed by atoms with Crippen LogP contribution < -0.4 is 0 Å². The molecule has 9 heavy (non-hydrogen) atoms. The third-order valence-corrected chi connectivity index (χ3v) is 0.985. The van der Waals surface area contributed by atoms with E-state index in [1.807, 2.05) is 30.3 Å². The first-order chi connectivity index (χ1) is 4.39. The topological polar surface area (TPSA) is 40.5 Å². The Labute approximate surface area is 58.3 Å². The van der Waals surface area contributed by atoms with E-state index < -0.39 is 0 Å². The summed E-state index contributed by atoms with van der Waals surface area (Å²) in [6.07, 6.45) is 0. The molecule has 0 heterocycles. The van der Waals surface area contributed by atoms with Crippen molar-refractivity contribution in [3.63, 3.8) is 0 Å². The zero-order valence-electron chi connectivity index (χ0n) is 4.66. The van der Waals surface area contributed by atoms with E-state index in [-0.39, 0.29) is 0 Å². The molecule has 3 heteroatoms. The van der Waals surface area contributed by atoms with Crippen LogP contribution in [0.2, 0.25) is 5.02 Å². The maximum absolute atomic E-state index is 6.00. The molecule has 0 radical (unpaired) electrons. The molecule has 0 aliphatic heterocycles. The lowest BCUT2D eigenvalue weighted by atomic mass is 10.4. The van der Waals surface area contributed by atoms with Gasteiger partial charge in [-0.25, -0.2) is 0 Å². The van der Waals surface area contributed by atoms with Crippen molar-refractivity contribution in [2.24, 2.45) is 0 Å². The molecule has 0 bridgehead atoms. The Hall–Kier alpha value is -0.570. The van der Waals surface area contributed by atoms with Gasteiger partial charge in [-0.15, -0.1) is 0 Å². The van der Waals surface area contributed by atoms with Gasteiger partial charge in [-0.2, -0.15) is 0 Å². The van der Waals surface area contributed by atoms with Crippen LogP contribution in [0.15, 0.2) is 30.3 Å². The molecule has 0 aromatic heterocycles. The lowest BCUT2D eigenvalue weighted by Crippen LogP contribution is -1.55. The maximum Gasteiger partial charge on any atom is 0.0405 e. The molecule has 0 aliphatic carbocycles. The first-order valence-corrected chi connectivity index (χ1v) is 2.68. The molecule has 0 unspecified atom stereocenters. The molecule has 1 aromatic rings. The predicted molar refractivity (Wildman–Crippen MR) is 36.7 cm³/mol. The SMILES string of the molecule is Clc1ccccc1.OO. The van der Waals surface area contributed by atoms with Gasteiger partial charge in [0.2, 0.25) is 0 Å². The van der Waals surface area contributed by atoms with Gasteiger partial charge in [-0.3, -0.25) is 10.5 Å². The quantitative estimate of drug-likeness (QED) is 0.436. The second-order valence-corrected chi connectivity index (χ2v) is 1.73. The molecule has 0 amide bonds. The highest BCUT2D eigenvalue weighted by atomic mass is 35.5.